The van der Waals surface area contributed by atoms with Gasteiger partial charge in [0.05, 0.1) is 11.0 Å². The van der Waals surface area contributed by atoms with Gasteiger partial charge in [0.25, 0.3) is 0 Å². The third-order valence-electron chi connectivity index (χ3n) is 5.05. The second-order valence-corrected chi connectivity index (χ2v) is 7.17. The Balaban J connectivity index is 1.41. The molecule has 2 aromatic heterocycles. The normalized spacial score (nSPS) is 11.4. The van der Waals surface area contributed by atoms with E-state index in [1.165, 1.54) is 0 Å². The highest BCUT2D eigenvalue weighted by atomic mass is 16.1. The first-order chi connectivity index (χ1) is 15.2. The molecule has 5 rings (SSSR count). The van der Waals surface area contributed by atoms with E-state index in [-0.39, 0.29) is 5.78 Å². The Morgan fingerprint density at radius 2 is 1.65 bits per heavy atom. The van der Waals surface area contributed by atoms with Crippen LogP contribution in [0.2, 0.25) is 0 Å². The average molecular weight is 405 g/mol. The summed E-state index contributed by atoms with van der Waals surface area (Å²) in [6.07, 6.45) is 3.41. The van der Waals surface area contributed by atoms with E-state index in [1.807, 2.05) is 84.1 Å². The Labute approximate surface area is 178 Å². The number of aromatic nitrogens is 4. The summed E-state index contributed by atoms with van der Waals surface area (Å²) < 4.78 is 1.98. The van der Waals surface area contributed by atoms with Gasteiger partial charge < -0.3 is 5.32 Å². The molecule has 150 valence electrons. The number of ketones is 1. The van der Waals surface area contributed by atoms with Crippen LogP contribution >= 0.6 is 0 Å². The molecule has 31 heavy (non-hydrogen) atoms. The van der Waals surface area contributed by atoms with E-state index < -0.39 is 0 Å². The summed E-state index contributed by atoms with van der Waals surface area (Å²) in [6, 6.07) is 25.0. The van der Waals surface area contributed by atoms with E-state index in [2.05, 4.69) is 15.5 Å². The first-order valence-electron chi connectivity index (χ1n) is 9.94. The number of allylic oxidation sites excluding steroid dienone is 1. The number of benzene rings is 3. The van der Waals surface area contributed by atoms with Crippen LogP contribution in [0.1, 0.15) is 21.7 Å². The van der Waals surface area contributed by atoms with Crippen LogP contribution in [0.3, 0.4) is 0 Å². The molecule has 1 N–H and O–H groups in total. The predicted molar refractivity (Wildman–Crippen MR) is 123 cm³/mol. The van der Waals surface area contributed by atoms with Gasteiger partial charge in [0.15, 0.2) is 11.6 Å². The number of aryl methyl sites for hydroxylation is 1. The predicted octanol–water partition coefficient (Wildman–Crippen LogP) is 5.23. The molecule has 0 fully saturated rings. The third-order valence-corrected chi connectivity index (χ3v) is 5.05. The zero-order chi connectivity index (χ0) is 21.2. The molecule has 0 spiro atoms. The van der Waals surface area contributed by atoms with E-state index in [0.29, 0.717) is 17.0 Å². The molecule has 3 aromatic carbocycles. The molecule has 0 unspecified atom stereocenters. The topological polar surface area (TPSA) is 72.2 Å². The molecule has 0 bridgehead atoms. The highest BCUT2D eigenvalue weighted by Crippen LogP contribution is 2.24. The summed E-state index contributed by atoms with van der Waals surface area (Å²) in [4.78, 5) is 17.2. The standard InChI is InChI=1S/C25H19N5O/c1-17-28-29-25-24(27-21-9-5-6-10-22(21)30(17)25)26-20-14-12-19(13-15-20)23(31)16-11-18-7-3-2-4-8-18/h2-16H,1H3,(H,26,27)/b16-11+. The van der Waals surface area contributed by atoms with Crippen molar-refractivity contribution in [2.45, 2.75) is 6.92 Å². The van der Waals surface area contributed by atoms with Gasteiger partial charge in [-0.2, -0.15) is 0 Å². The van der Waals surface area contributed by atoms with Gasteiger partial charge in [0.1, 0.15) is 5.82 Å². The van der Waals surface area contributed by atoms with Crippen molar-refractivity contribution < 1.29 is 4.79 Å². The Morgan fingerprint density at radius 1 is 0.903 bits per heavy atom. The first-order valence-corrected chi connectivity index (χ1v) is 9.94. The van der Waals surface area contributed by atoms with E-state index in [0.717, 1.165) is 28.1 Å². The molecule has 0 saturated heterocycles. The van der Waals surface area contributed by atoms with Gasteiger partial charge in [-0.15, -0.1) is 10.2 Å². The van der Waals surface area contributed by atoms with Crippen LogP contribution in [0.15, 0.2) is 84.9 Å². The van der Waals surface area contributed by atoms with E-state index in [9.17, 15) is 4.79 Å². The molecule has 0 aliphatic carbocycles. The Bertz CT molecular complexity index is 1420. The zero-order valence-corrected chi connectivity index (χ0v) is 16.9. The van der Waals surface area contributed by atoms with E-state index in [1.54, 1.807) is 18.2 Å². The highest BCUT2D eigenvalue weighted by Gasteiger charge is 2.13. The SMILES string of the molecule is Cc1nnc2c(Nc3ccc(C(=O)/C=C/c4ccccc4)cc3)nc3ccccc3n12. The summed E-state index contributed by atoms with van der Waals surface area (Å²) in [5, 5.41) is 11.8. The van der Waals surface area contributed by atoms with Crippen molar-refractivity contribution in [3.8, 4) is 0 Å². The lowest BCUT2D eigenvalue weighted by atomic mass is 10.1. The lowest BCUT2D eigenvalue weighted by Gasteiger charge is -2.10. The molecule has 0 saturated carbocycles. The molecule has 0 aliphatic heterocycles. The second-order valence-electron chi connectivity index (χ2n) is 7.17. The van der Waals surface area contributed by atoms with Gasteiger partial charge in [-0.05, 0) is 55.0 Å². The lowest BCUT2D eigenvalue weighted by molar-refractivity contribution is 0.104. The van der Waals surface area contributed by atoms with Crippen molar-refractivity contribution >= 4 is 40.0 Å². The number of anilines is 2. The molecule has 6 heteroatoms. The fourth-order valence-electron chi connectivity index (χ4n) is 3.49. The minimum absolute atomic E-state index is 0.0466. The molecule has 6 nitrogen and oxygen atoms in total. The monoisotopic (exact) mass is 405 g/mol. The summed E-state index contributed by atoms with van der Waals surface area (Å²) in [5.41, 5.74) is 4.88. The number of nitrogens with one attached hydrogen (secondary N) is 1. The van der Waals surface area contributed by atoms with Crippen molar-refractivity contribution in [2.75, 3.05) is 5.32 Å². The summed E-state index contributed by atoms with van der Waals surface area (Å²) in [5.74, 6) is 1.36. The fraction of sp³-hybridized carbons (Fsp3) is 0.0400. The van der Waals surface area contributed by atoms with Crippen LogP contribution < -0.4 is 5.32 Å². The molecule has 2 heterocycles. The average Bonchev–Trinajstić information content (AvgIpc) is 3.21. The van der Waals surface area contributed by atoms with E-state index >= 15 is 0 Å². The van der Waals surface area contributed by atoms with Crippen LogP contribution in [-0.4, -0.2) is 25.4 Å². The summed E-state index contributed by atoms with van der Waals surface area (Å²) in [6.45, 7) is 1.92. The molecular formula is C25H19N5O. The molecule has 0 amide bonds. The molecule has 0 radical (unpaired) electrons. The number of carbonyl (C=O) groups excluding carboxylic acids is 1. The maximum atomic E-state index is 12.5. The fourth-order valence-corrected chi connectivity index (χ4v) is 3.49. The Kier molecular flexibility index (Phi) is 4.72. The first kappa shape index (κ1) is 18.7. The second kappa shape index (κ2) is 7.84. The van der Waals surface area contributed by atoms with Crippen LogP contribution in [0.25, 0.3) is 22.8 Å². The molecule has 0 aliphatic rings. The summed E-state index contributed by atoms with van der Waals surface area (Å²) >= 11 is 0. The van der Waals surface area contributed by atoms with Gasteiger partial charge in [-0.25, -0.2) is 4.98 Å². The van der Waals surface area contributed by atoms with Crippen molar-refractivity contribution in [3.63, 3.8) is 0 Å². The van der Waals surface area contributed by atoms with E-state index in [4.69, 9.17) is 4.98 Å². The number of nitrogens with zero attached hydrogens (tertiary/aromatic N) is 4. The maximum absolute atomic E-state index is 12.5. The highest BCUT2D eigenvalue weighted by molar-refractivity contribution is 6.07. The van der Waals surface area contributed by atoms with Gasteiger partial charge in [0.2, 0.25) is 5.65 Å². The van der Waals surface area contributed by atoms with Crippen molar-refractivity contribution in [2.24, 2.45) is 0 Å². The van der Waals surface area contributed by atoms with Gasteiger partial charge in [-0.3, -0.25) is 9.20 Å². The summed E-state index contributed by atoms with van der Waals surface area (Å²) in [7, 11) is 0. The van der Waals surface area contributed by atoms with Crippen LogP contribution in [-0.2, 0) is 0 Å². The Morgan fingerprint density at radius 3 is 2.45 bits per heavy atom. The number of hydrogen-bond acceptors (Lipinski definition) is 5. The molecule has 5 aromatic rings. The minimum atomic E-state index is -0.0466. The maximum Gasteiger partial charge on any atom is 0.204 e. The zero-order valence-electron chi connectivity index (χ0n) is 16.9. The number of fused-ring (bicyclic) bond motifs is 3. The number of hydrogen-bond donors (Lipinski definition) is 1. The molecular weight excluding hydrogens is 386 g/mol. The Hall–Kier alpha value is -4.32. The van der Waals surface area contributed by atoms with Crippen molar-refractivity contribution in [1.29, 1.82) is 0 Å². The number of carbonyl (C=O) groups is 1. The smallest absolute Gasteiger partial charge is 0.204 e. The largest absolute Gasteiger partial charge is 0.337 e. The molecule has 0 atom stereocenters. The van der Waals surface area contributed by atoms with Crippen LogP contribution in [0, 0.1) is 6.92 Å². The number of rotatable bonds is 5. The minimum Gasteiger partial charge on any atom is -0.337 e. The van der Waals surface area contributed by atoms with Gasteiger partial charge in [-0.1, -0.05) is 48.5 Å². The van der Waals surface area contributed by atoms with Crippen LogP contribution in [0.5, 0.6) is 0 Å². The van der Waals surface area contributed by atoms with Gasteiger partial charge in [0, 0.05) is 11.3 Å². The van der Waals surface area contributed by atoms with Crippen LogP contribution in [0.4, 0.5) is 11.5 Å². The van der Waals surface area contributed by atoms with Gasteiger partial charge >= 0.3 is 0 Å². The third kappa shape index (κ3) is 3.67. The number of para-hydroxylation sites is 2. The van der Waals surface area contributed by atoms with Crippen molar-refractivity contribution in [1.82, 2.24) is 19.6 Å². The quantitative estimate of drug-likeness (QED) is 0.320. The lowest BCUT2D eigenvalue weighted by Crippen LogP contribution is -2.01. The van der Waals surface area contributed by atoms with Crippen molar-refractivity contribution in [3.05, 3.63) is 102 Å².